The number of nitrogens with zero attached hydrogens (tertiary/aromatic N) is 3. The van der Waals surface area contributed by atoms with Gasteiger partial charge in [-0.3, -0.25) is 9.36 Å². The van der Waals surface area contributed by atoms with Crippen LogP contribution in [0.25, 0.3) is 6.08 Å². The van der Waals surface area contributed by atoms with Gasteiger partial charge < -0.3 is 9.47 Å². The minimum Gasteiger partial charge on any atom is -0.466 e. The number of carbonyl (C=O) groups is 1. The standard InChI is InChI=1S/C22H27N3O6S/c1-6-31-22-23-19-18(20(26)25(22)14(2)3)13-16(21(27)30-5)11-12-24(19)32(28,29)17-9-7-15(4)8-10-17/h7-10,13-14H,6,11-12H2,1-5H3. The average molecular weight is 462 g/mol. The van der Waals surface area contributed by atoms with Crippen molar-refractivity contribution in [2.24, 2.45) is 0 Å². The summed E-state index contributed by atoms with van der Waals surface area (Å²) in [7, 11) is -2.84. The molecule has 1 aliphatic rings. The van der Waals surface area contributed by atoms with Crippen LogP contribution in [0.5, 0.6) is 6.01 Å². The van der Waals surface area contributed by atoms with Gasteiger partial charge in [-0.05, 0) is 52.3 Å². The Labute approximate surface area is 187 Å². The van der Waals surface area contributed by atoms with E-state index in [1.165, 1.54) is 29.9 Å². The van der Waals surface area contributed by atoms with Crippen LogP contribution in [-0.4, -0.2) is 44.2 Å². The quantitative estimate of drug-likeness (QED) is 0.609. The van der Waals surface area contributed by atoms with E-state index in [-0.39, 0.29) is 53.5 Å². The molecule has 0 amide bonds. The molecule has 0 spiro atoms. The molecular weight excluding hydrogens is 434 g/mol. The van der Waals surface area contributed by atoms with Crippen molar-refractivity contribution in [3.8, 4) is 6.01 Å². The molecule has 10 heteroatoms. The van der Waals surface area contributed by atoms with Crippen LogP contribution >= 0.6 is 0 Å². The van der Waals surface area contributed by atoms with Crippen molar-refractivity contribution in [3.05, 3.63) is 51.3 Å². The number of carbonyl (C=O) groups excluding carboxylic acids is 1. The van der Waals surface area contributed by atoms with E-state index in [0.717, 1.165) is 9.87 Å². The number of hydrogen-bond acceptors (Lipinski definition) is 7. The lowest BCUT2D eigenvalue weighted by Gasteiger charge is -2.25. The highest BCUT2D eigenvalue weighted by Crippen LogP contribution is 2.32. The Bertz CT molecular complexity index is 1210. The van der Waals surface area contributed by atoms with Crippen LogP contribution in [-0.2, 0) is 19.6 Å². The Morgan fingerprint density at radius 3 is 2.44 bits per heavy atom. The number of aryl methyl sites for hydroxylation is 1. The molecule has 0 atom stereocenters. The Hall–Kier alpha value is -3.14. The van der Waals surface area contributed by atoms with Crippen molar-refractivity contribution in [1.82, 2.24) is 9.55 Å². The summed E-state index contributed by atoms with van der Waals surface area (Å²) in [5, 5.41) is 0. The molecule has 32 heavy (non-hydrogen) atoms. The predicted octanol–water partition coefficient (Wildman–Crippen LogP) is 2.69. The van der Waals surface area contributed by atoms with E-state index in [4.69, 9.17) is 9.47 Å². The number of sulfonamides is 1. The molecule has 1 aromatic heterocycles. The SMILES string of the molecule is CCOc1nc2c(c(=O)n1C(C)C)C=C(C(=O)OC)CCN2S(=O)(=O)c1ccc(C)cc1. The number of aromatic nitrogens is 2. The molecule has 3 rings (SSSR count). The molecule has 1 aromatic carbocycles. The molecule has 0 N–H and O–H groups in total. The molecule has 0 fully saturated rings. The van der Waals surface area contributed by atoms with Crippen LogP contribution in [0.1, 0.15) is 44.4 Å². The Balaban J connectivity index is 2.31. The highest BCUT2D eigenvalue weighted by molar-refractivity contribution is 7.92. The first-order valence-electron chi connectivity index (χ1n) is 10.3. The third-order valence-electron chi connectivity index (χ3n) is 5.08. The number of esters is 1. The molecule has 1 aliphatic heterocycles. The van der Waals surface area contributed by atoms with Crippen LogP contribution in [0.2, 0.25) is 0 Å². The molecule has 0 radical (unpaired) electrons. The van der Waals surface area contributed by atoms with Crippen LogP contribution in [0.15, 0.2) is 39.5 Å². The summed E-state index contributed by atoms with van der Waals surface area (Å²) in [4.78, 5) is 30.2. The molecule has 0 saturated heterocycles. The zero-order valence-corrected chi connectivity index (χ0v) is 19.6. The second-order valence-corrected chi connectivity index (χ2v) is 9.50. The first kappa shape index (κ1) is 23.5. The van der Waals surface area contributed by atoms with Gasteiger partial charge in [0.15, 0.2) is 5.82 Å². The topological polar surface area (TPSA) is 108 Å². The lowest BCUT2D eigenvalue weighted by Crippen LogP contribution is -2.36. The van der Waals surface area contributed by atoms with E-state index >= 15 is 0 Å². The largest absolute Gasteiger partial charge is 0.466 e. The third-order valence-corrected chi connectivity index (χ3v) is 6.89. The number of hydrogen-bond donors (Lipinski definition) is 0. The fourth-order valence-corrected chi connectivity index (χ4v) is 4.89. The fraction of sp³-hybridized carbons (Fsp3) is 0.409. The highest BCUT2D eigenvalue weighted by atomic mass is 32.2. The molecule has 2 aromatic rings. The summed E-state index contributed by atoms with van der Waals surface area (Å²) in [6, 6.07) is 6.11. The molecule has 0 unspecified atom stereocenters. The first-order valence-corrected chi connectivity index (χ1v) is 11.7. The van der Waals surface area contributed by atoms with Gasteiger partial charge in [-0.1, -0.05) is 17.7 Å². The molecule has 0 bridgehead atoms. The first-order chi connectivity index (χ1) is 15.1. The van der Waals surface area contributed by atoms with E-state index in [9.17, 15) is 18.0 Å². The van der Waals surface area contributed by atoms with Crippen LogP contribution in [0, 0.1) is 6.92 Å². The normalized spacial score (nSPS) is 13.9. The van der Waals surface area contributed by atoms with Gasteiger partial charge in [0.1, 0.15) is 0 Å². The minimum absolute atomic E-state index is 0.00394. The van der Waals surface area contributed by atoms with Crippen molar-refractivity contribution in [2.45, 2.75) is 45.1 Å². The Morgan fingerprint density at radius 2 is 1.88 bits per heavy atom. The fourth-order valence-electron chi connectivity index (χ4n) is 3.46. The maximum absolute atomic E-state index is 13.6. The number of anilines is 1. The van der Waals surface area contributed by atoms with Crippen LogP contribution < -0.4 is 14.6 Å². The van der Waals surface area contributed by atoms with Gasteiger partial charge in [-0.2, -0.15) is 4.98 Å². The summed E-state index contributed by atoms with van der Waals surface area (Å²) in [5.74, 6) is -0.704. The monoisotopic (exact) mass is 461 g/mol. The molecule has 2 heterocycles. The van der Waals surface area contributed by atoms with Gasteiger partial charge >= 0.3 is 12.0 Å². The zero-order valence-electron chi connectivity index (χ0n) is 18.8. The lowest BCUT2D eigenvalue weighted by atomic mass is 10.1. The summed E-state index contributed by atoms with van der Waals surface area (Å²) in [6.07, 6.45) is 1.43. The molecule has 0 aliphatic carbocycles. The summed E-state index contributed by atoms with van der Waals surface area (Å²) in [5.41, 5.74) is 0.594. The highest BCUT2D eigenvalue weighted by Gasteiger charge is 2.34. The van der Waals surface area contributed by atoms with Gasteiger partial charge in [-0.25, -0.2) is 17.5 Å². The van der Waals surface area contributed by atoms with Gasteiger partial charge in [0.2, 0.25) is 0 Å². The van der Waals surface area contributed by atoms with E-state index in [1.54, 1.807) is 32.9 Å². The minimum atomic E-state index is -4.07. The van der Waals surface area contributed by atoms with Gasteiger partial charge in [0, 0.05) is 18.2 Å². The van der Waals surface area contributed by atoms with Gasteiger partial charge in [-0.15, -0.1) is 0 Å². The Kier molecular flexibility index (Phi) is 6.73. The maximum atomic E-state index is 13.6. The average Bonchev–Trinajstić information content (AvgIpc) is 2.94. The zero-order chi connectivity index (χ0) is 23.6. The van der Waals surface area contributed by atoms with Crippen molar-refractivity contribution in [1.29, 1.82) is 0 Å². The van der Waals surface area contributed by atoms with Crippen LogP contribution in [0.4, 0.5) is 5.82 Å². The van der Waals surface area contributed by atoms with E-state index in [0.29, 0.717) is 0 Å². The van der Waals surface area contributed by atoms with E-state index < -0.39 is 21.6 Å². The molecule has 9 nitrogen and oxygen atoms in total. The van der Waals surface area contributed by atoms with Crippen molar-refractivity contribution in [2.75, 3.05) is 24.6 Å². The van der Waals surface area contributed by atoms with E-state index in [1.807, 2.05) is 6.92 Å². The lowest BCUT2D eigenvalue weighted by molar-refractivity contribution is -0.136. The van der Waals surface area contributed by atoms with Gasteiger partial charge in [0.05, 0.1) is 24.2 Å². The molecule has 172 valence electrons. The number of ether oxygens (including phenoxy) is 2. The second-order valence-electron chi connectivity index (χ2n) is 7.63. The Morgan fingerprint density at radius 1 is 1.22 bits per heavy atom. The third kappa shape index (κ3) is 4.27. The van der Waals surface area contributed by atoms with Crippen molar-refractivity contribution >= 4 is 27.9 Å². The number of rotatable bonds is 6. The number of benzene rings is 1. The van der Waals surface area contributed by atoms with Crippen LogP contribution in [0.3, 0.4) is 0 Å². The summed E-state index contributed by atoms with van der Waals surface area (Å²) >= 11 is 0. The van der Waals surface area contributed by atoms with Crippen molar-refractivity contribution < 1.29 is 22.7 Å². The van der Waals surface area contributed by atoms with Gasteiger partial charge in [0.25, 0.3) is 15.6 Å². The van der Waals surface area contributed by atoms with Crippen molar-refractivity contribution in [3.63, 3.8) is 0 Å². The predicted molar refractivity (Wildman–Crippen MR) is 120 cm³/mol. The maximum Gasteiger partial charge on any atom is 0.333 e. The second kappa shape index (κ2) is 9.15. The number of methoxy groups -OCH3 is 1. The molecular formula is C22H27N3O6S. The summed E-state index contributed by atoms with van der Waals surface area (Å²) in [6.45, 7) is 7.34. The van der Waals surface area contributed by atoms with E-state index in [2.05, 4.69) is 4.98 Å². The summed E-state index contributed by atoms with van der Waals surface area (Å²) < 4.78 is 39.9. The molecule has 0 saturated carbocycles. The number of fused-ring (bicyclic) bond motifs is 1. The smallest absolute Gasteiger partial charge is 0.333 e.